The van der Waals surface area contributed by atoms with Crippen molar-refractivity contribution in [2.24, 2.45) is 5.10 Å². The van der Waals surface area contributed by atoms with E-state index in [9.17, 15) is 5.11 Å². The Labute approximate surface area is 178 Å². The van der Waals surface area contributed by atoms with Gasteiger partial charge in [0.15, 0.2) is 0 Å². The lowest BCUT2D eigenvalue weighted by atomic mass is 10.2. The van der Waals surface area contributed by atoms with Gasteiger partial charge < -0.3 is 14.9 Å². The summed E-state index contributed by atoms with van der Waals surface area (Å²) < 4.78 is 0. The zero-order chi connectivity index (χ0) is 20.6. The molecule has 0 atom stereocenters. The maximum Gasteiger partial charge on any atom is 0.250 e. The summed E-state index contributed by atoms with van der Waals surface area (Å²) in [4.78, 5) is 18.7. The number of benzene rings is 1. The normalized spacial score (nSPS) is 18.3. The first kappa shape index (κ1) is 20.4. The molecular formula is C22H31N7O. The highest BCUT2D eigenvalue weighted by Gasteiger charge is 2.19. The van der Waals surface area contributed by atoms with E-state index in [0.717, 1.165) is 38.1 Å². The van der Waals surface area contributed by atoms with Gasteiger partial charge in [0.05, 0.1) is 6.21 Å². The van der Waals surface area contributed by atoms with Crippen LogP contribution in [0.5, 0.6) is 5.75 Å². The zero-order valence-electron chi connectivity index (χ0n) is 17.5. The van der Waals surface area contributed by atoms with Gasteiger partial charge in [-0.2, -0.15) is 20.1 Å². The number of hydrogen-bond acceptors (Lipinski definition) is 8. The fourth-order valence-electron chi connectivity index (χ4n) is 3.98. The van der Waals surface area contributed by atoms with Crippen LogP contribution in [0, 0.1) is 0 Å². The molecule has 2 aromatic rings. The lowest BCUT2D eigenvalue weighted by Crippen LogP contribution is -2.30. The van der Waals surface area contributed by atoms with Crippen molar-refractivity contribution in [1.82, 2.24) is 15.0 Å². The van der Waals surface area contributed by atoms with Gasteiger partial charge >= 0.3 is 0 Å². The number of hydrazone groups is 1. The smallest absolute Gasteiger partial charge is 0.250 e. The van der Waals surface area contributed by atoms with E-state index in [1.165, 1.54) is 51.4 Å². The number of phenolic OH excluding ortho intramolecular Hbond substituents is 1. The maximum absolute atomic E-state index is 9.92. The molecule has 2 saturated heterocycles. The number of nitrogens with one attached hydrogen (secondary N) is 1. The first-order valence-corrected chi connectivity index (χ1v) is 11.1. The Balaban J connectivity index is 1.58. The molecule has 3 heterocycles. The molecule has 0 radical (unpaired) electrons. The Hall–Kier alpha value is -2.90. The molecule has 0 bridgehead atoms. The van der Waals surface area contributed by atoms with E-state index < -0.39 is 0 Å². The fourth-order valence-corrected chi connectivity index (χ4v) is 3.98. The van der Waals surface area contributed by atoms with Crippen LogP contribution in [0.3, 0.4) is 0 Å². The SMILES string of the molecule is Oc1ccccc1/C=N\Nc1nc(N2CCCCCC2)nc(N2CCCCCC2)n1. The molecule has 30 heavy (non-hydrogen) atoms. The summed E-state index contributed by atoms with van der Waals surface area (Å²) in [5.74, 6) is 2.09. The number of nitrogens with zero attached hydrogens (tertiary/aromatic N) is 6. The number of anilines is 3. The summed E-state index contributed by atoms with van der Waals surface area (Å²) in [6.07, 6.45) is 11.3. The standard InChI is InChI=1S/C22H31N7O/c30-19-12-6-5-11-18(19)17-23-27-20-24-21(28-13-7-1-2-8-14-28)26-22(25-20)29-15-9-3-4-10-16-29/h5-6,11-12,17,30H,1-4,7-10,13-16H2,(H,24,25,26,27)/b23-17-. The molecule has 8 nitrogen and oxygen atoms in total. The predicted molar refractivity (Wildman–Crippen MR) is 121 cm³/mol. The van der Waals surface area contributed by atoms with Crippen LogP contribution in [0.2, 0.25) is 0 Å². The molecule has 2 N–H and O–H groups in total. The van der Waals surface area contributed by atoms with Crippen LogP contribution >= 0.6 is 0 Å². The van der Waals surface area contributed by atoms with Gasteiger partial charge in [0.2, 0.25) is 17.8 Å². The van der Waals surface area contributed by atoms with Crippen molar-refractivity contribution < 1.29 is 5.11 Å². The minimum absolute atomic E-state index is 0.189. The van der Waals surface area contributed by atoms with E-state index in [2.05, 4.69) is 30.3 Å². The number of rotatable bonds is 5. The van der Waals surface area contributed by atoms with Gasteiger partial charge in [-0.1, -0.05) is 37.8 Å². The van der Waals surface area contributed by atoms with Gasteiger partial charge in [-0.15, -0.1) is 0 Å². The van der Waals surface area contributed by atoms with Crippen molar-refractivity contribution in [2.45, 2.75) is 51.4 Å². The van der Waals surface area contributed by atoms with Crippen molar-refractivity contribution >= 4 is 24.1 Å². The molecule has 0 aliphatic carbocycles. The number of aromatic hydroxyl groups is 1. The van der Waals surface area contributed by atoms with Gasteiger partial charge in [-0.25, -0.2) is 5.43 Å². The second kappa shape index (κ2) is 10.2. The molecule has 0 unspecified atom stereocenters. The van der Waals surface area contributed by atoms with E-state index in [1.54, 1.807) is 24.4 Å². The monoisotopic (exact) mass is 409 g/mol. The van der Waals surface area contributed by atoms with Crippen LogP contribution in [-0.4, -0.2) is 52.5 Å². The average molecular weight is 410 g/mol. The molecule has 0 saturated carbocycles. The number of phenols is 1. The molecule has 2 fully saturated rings. The van der Waals surface area contributed by atoms with Crippen molar-refractivity contribution in [3.63, 3.8) is 0 Å². The lowest BCUT2D eigenvalue weighted by molar-refractivity contribution is 0.474. The number of hydrogen-bond donors (Lipinski definition) is 2. The Morgan fingerprint density at radius 2 is 1.30 bits per heavy atom. The summed E-state index contributed by atoms with van der Waals surface area (Å²) >= 11 is 0. The van der Waals surface area contributed by atoms with Crippen LogP contribution in [0.1, 0.15) is 56.9 Å². The van der Waals surface area contributed by atoms with Crippen LogP contribution in [0.4, 0.5) is 17.8 Å². The summed E-state index contributed by atoms with van der Waals surface area (Å²) in [6.45, 7) is 3.90. The first-order valence-electron chi connectivity index (χ1n) is 11.1. The van der Waals surface area contributed by atoms with Crippen LogP contribution in [0.15, 0.2) is 29.4 Å². The third kappa shape index (κ3) is 5.37. The van der Waals surface area contributed by atoms with E-state index in [1.807, 2.05) is 6.07 Å². The highest BCUT2D eigenvalue weighted by molar-refractivity contribution is 5.83. The largest absolute Gasteiger partial charge is 0.507 e. The van der Waals surface area contributed by atoms with Gasteiger partial charge in [-0.05, 0) is 37.8 Å². The van der Waals surface area contributed by atoms with E-state index in [4.69, 9.17) is 4.98 Å². The highest BCUT2D eigenvalue weighted by atomic mass is 16.3. The second-order valence-electron chi connectivity index (χ2n) is 7.99. The Morgan fingerprint density at radius 1 is 0.767 bits per heavy atom. The molecule has 8 heteroatoms. The number of aromatic nitrogens is 3. The van der Waals surface area contributed by atoms with Crippen LogP contribution in [-0.2, 0) is 0 Å². The van der Waals surface area contributed by atoms with Crippen LogP contribution in [0.25, 0.3) is 0 Å². The average Bonchev–Trinajstić information content (AvgIpc) is 3.21. The highest BCUT2D eigenvalue weighted by Crippen LogP contribution is 2.22. The van der Waals surface area contributed by atoms with E-state index >= 15 is 0 Å². The van der Waals surface area contributed by atoms with Gasteiger partial charge in [0, 0.05) is 31.7 Å². The van der Waals surface area contributed by atoms with Crippen molar-refractivity contribution in [1.29, 1.82) is 0 Å². The van der Waals surface area contributed by atoms with E-state index in [-0.39, 0.29) is 5.75 Å². The van der Waals surface area contributed by atoms with E-state index in [0.29, 0.717) is 11.5 Å². The van der Waals surface area contributed by atoms with Crippen molar-refractivity contribution in [3.05, 3.63) is 29.8 Å². The molecule has 160 valence electrons. The fraction of sp³-hybridized carbons (Fsp3) is 0.545. The Bertz CT molecular complexity index is 803. The Kier molecular flexibility index (Phi) is 6.95. The van der Waals surface area contributed by atoms with Gasteiger partial charge in [-0.3, -0.25) is 0 Å². The minimum Gasteiger partial charge on any atom is -0.507 e. The summed E-state index contributed by atoms with van der Waals surface area (Å²) in [5, 5.41) is 14.2. The molecule has 2 aliphatic rings. The molecule has 1 aromatic heterocycles. The summed E-state index contributed by atoms with van der Waals surface area (Å²) in [5.41, 5.74) is 3.59. The topological polar surface area (TPSA) is 89.8 Å². The summed E-state index contributed by atoms with van der Waals surface area (Å²) in [7, 11) is 0. The molecule has 0 spiro atoms. The molecule has 4 rings (SSSR count). The summed E-state index contributed by atoms with van der Waals surface area (Å²) in [6, 6.07) is 7.09. The Morgan fingerprint density at radius 3 is 1.83 bits per heavy atom. The maximum atomic E-state index is 9.92. The molecule has 0 amide bonds. The zero-order valence-corrected chi connectivity index (χ0v) is 17.5. The quantitative estimate of drug-likeness (QED) is 0.574. The third-order valence-corrected chi connectivity index (χ3v) is 5.69. The lowest BCUT2D eigenvalue weighted by Gasteiger charge is -2.24. The molecule has 2 aliphatic heterocycles. The van der Waals surface area contributed by atoms with Crippen molar-refractivity contribution in [2.75, 3.05) is 41.4 Å². The van der Waals surface area contributed by atoms with Crippen LogP contribution < -0.4 is 15.2 Å². The molecule has 1 aromatic carbocycles. The molecular weight excluding hydrogens is 378 g/mol. The van der Waals surface area contributed by atoms with Crippen molar-refractivity contribution in [3.8, 4) is 5.75 Å². The number of para-hydroxylation sites is 1. The van der Waals surface area contributed by atoms with Gasteiger partial charge in [0.25, 0.3) is 0 Å². The van der Waals surface area contributed by atoms with Gasteiger partial charge in [0.1, 0.15) is 5.75 Å². The first-order chi connectivity index (χ1) is 14.8. The second-order valence-corrected chi connectivity index (χ2v) is 7.99. The predicted octanol–water partition coefficient (Wildman–Crippen LogP) is 3.78. The minimum atomic E-state index is 0.189. The third-order valence-electron chi connectivity index (χ3n) is 5.69.